The Kier molecular flexibility index (Phi) is 6.82. The highest BCUT2D eigenvalue weighted by atomic mass is 35.5. The van der Waals surface area contributed by atoms with Gasteiger partial charge in [0.1, 0.15) is 11.5 Å². The number of benzene rings is 4. The van der Waals surface area contributed by atoms with Crippen molar-refractivity contribution in [3.63, 3.8) is 0 Å². The van der Waals surface area contributed by atoms with Gasteiger partial charge in [-0.15, -0.1) is 0 Å². The minimum absolute atomic E-state index is 0.512. The summed E-state index contributed by atoms with van der Waals surface area (Å²) in [7, 11) is 4.05. The molecular formula is C31H23Cl4N4+. The monoisotopic (exact) mass is 591 g/mol. The first-order valence-corrected chi connectivity index (χ1v) is 13.8. The number of nitrogens with zero attached hydrogens (tertiary/aromatic N) is 4. The molecule has 0 N–H and O–H groups in total. The highest BCUT2D eigenvalue weighted by Gasteiger charge is 2.31. The number of rotatable bonds is 4. The Balaban J connectivity index is 1.50. The van der Waals surface area contributed by atoms with Crippen molar-refractivity contribution in [3.8, 4) is 5.69 Å². The predicted molar refractivity (Wildman–Crippen MR) is 165 cm³/mol. The first kappa shape index (κ1) is 25.8. The zero-order valence-electron chi connectivity index (χ0n) is 21.1. The van der Waals surface area contributed by atoms with Crippen molar-refractivity contribution in [3.05, 3.63) is 129 Å². The number of fused-ring (bicyclic) bond motifs is 2. The molecule has 0 amide bonds. The maximum atomic E-state index is 6.44. The summed E-state index contributed by atoms with van der Waals surface area (Å²) >= 11 is 25.7. The molecule has 1 aliphatic heterocycles. The summed E-state index contributed by atoms with van der Waals surface area (Å²) in [5, 5.41) is 2.06. The van der Waals surface area contributed by atoms with Crippen LogP contribution in [-0.2, 0) is 7.05 Å². The van der Waals surface area contributed by atoms with Gasteiger partial charge in [-0.2, -0.15) is 4.57 Å². The van der Waals surface area contributed by atoms with Crippen LogP contribution in [0.2, 0.25) is 20.1 Å². The lowest BCUT2D eigenvalue weighted by Crippen LogP contribution is -2.30. The molecule has 4 nitrogen and oxygen atoms in total. The van der Waals surface area contributed by atoms with Crippen molar-refractivity contribution < 1.29 is 4.57 Å². The minimum atomic E-state index is 0.512. The summed E-state index contributed by atoms with van der Waals surface area (Å²) in [4.78, 5) is 4.29. The van der Waals surface area contributed by atoms with Crippen LogP contribution in [0.4, 0.5) is 17.1 Å². The van der Waals surface area contributed by atoms with Crippen LogP contribution in [0, 0.1) is 0 Å². The fraction of sp³-hybridized carbons (Fsp3) is 0.0645. The molecular weight excluding hydrogens is 570 g/mol. The average molecular weight is 593 g/mol. The molecule has 6 rings (SSSR count). The van der Waals surface area contributed by atoms with Crippen molar-refractivity contribution in [1.82, 2.24) is 4.57 Å². The Labute approximate surface area is 247 Å². The topological polar surface area (TPSA) is 15.3 Å². The van der Waals surface area contributed by atoms with Crippen LogP contribution in [0.5, 0.6) is 0 Å². The molecule has 4 aromatic carbocycles. The summed E-state index contributed by atoms with van der Waals surface area (Å²) in [6.45, 7) is 0. The highest BCUT2D eigenvalue weighted by molar-refractivity contribution is 6.43. The average Bonchev–Trinajstić information content (AvgIpc) is 3.35. The summed E-state index contributed by atoms with van der Waals surface area (Å²) in [5.41, 5.74) is 5.92. The smallest absolute Gasteiger partial charge is 0.287 e. The molecule has 0 aliphatic carbocycles. The lowest BCUT2D eigenvalue weighted by molar-refractivity contribution is -0.647. The van der Waals surface area contributed by atoms with Crippen LogP contribution in [0.15, 0.2) is 103 Å². The molecule has 0 spiro atoms. The third-order valence-corrected chi connectivity index (χ3v) is 8.35. The van der Waals surface area contributed by atoms with Crippen LogP contribution < -0.4 is 14.4 Å². The zero-order valence-corrected chi connectivity index (χ0v) is 24.1. The molecule has 5 aromatic rings. The van der Waals surface area contributed by atoms with E-state index >= 15 is 0 Å². The third-order valence-electron chi connectivity index (χ3n) is 6.90. The van der Waals surface area contributed by atoms with Gasteiger partial charge < -0.3 is 4.90 Å². The van der Waals surface area contributed by atoms with Gasteiger partial charge in [-0.3, -0.25) is 4.90 Å². The summed E-state index contributed by atoms with van der Waals surface area (Å²) in [5.74, 6) is 1.92. The van der Waals surface area contributed by atoms with E-state index in [0.29, 0.717) is 20.1 Å². The molecule has 0 atom stereocenters. The Hall–Kier alpha value is -3.41. The van der Waals surface area contributed by atoms with E-state index in [4.69, 9.17) is 46.4 Å². The Bertz CT molecular complexity index is 1780. The van der Waals surface area contributed by atoms with E-state index in [1.54, 1.807) is 0 Å². The van der Waals surface area contributed by atoms with E-state index in [-0.39, 0.29) is 0 Å². The Morgan fingerprint density at radius 1 is 0.692 bits per heavy atom. The van der Waals surface area contributed by atoms with Gasteiger partial charge in [0, 0.05) is 30.9 Å². The summed E-state index contributed by atoms with van der Waals surface area (Å²) < 4.78 is 4.29. The second-order valence-electron chi connectivity index (χ2n) is 9.21. The molecule has 0 saturated carbocycles. The zero-order chi connectivity index (χ0) is 27.3. The second-order valence-corrected chi connectivity index (χ2v) is 10.8. The third kappa shape index (κ3) is 4.48. The standard InChI is InChI=1S/C31H23Cl4N4/c1-36-26-16-22(32)24(34)18-28(26)38(20-10-5-3-6-11-20)30(36)14-9-15-31-37(2)27-17-23(33)25(35)19-29(27)39(31)21-12-7-4-8-13-21/h3-19H,1-2H3/q+1. The molecule has 0 fully saturated rings. The van der Waals surface area contributed by atoms with Crippen molar-refractivity contribution in [2.75, 3.05) is 16.8 Å². The number of imidazole rings is 1. The molecule has 39 heavy (non-hydrogen) atoms. The van der Waals surface area contributed by atoms with Gasteiger partial charge in [-0.1, -0.05) is 88.9 Å². The fourth-order valence-electron chi connectivity index (χ4n) is 5.03. The van der Waals surface area contributed by atoms with Gasteiger partial charge in [0.05, 0.1) is 38.5 Å². The van der Waals surface area contributed by atoms with Crippen molar-refractivity contribution in [1.29, 1.82) is 0 Å². The normalized spacial score (nSPS) is 14.3. The number of aryl methyl sites for hydroxylation is 1. The summed E-state index contributed by atoms with van der Waals surface area (Å²) in [6.07, 6.45) is 6.22. The van der Waals surface area contributed by atoms with Crippen molar-refractivity contribution in [2.45, 2.75) is 0 Å². The van der Waals surface area contributed by atoms with Gasteiger partial charge >= 0.3 is 0 Å². The molecule has 0 radical (unpaired) electrons. The molecule has 2 heterocycles. The number of hydrogen-bond donors (Lipinski definition) is 0. The van der Waals surface area contributed by atoms with Crippen LogP contribution in [0.3, 0.4) is 0 Å². The van der Waals surface area contributed by atoms with Gasteiger partial charge in [0.15, 0.2) is 11.0 Å². The first-order chi connectivity index (χ1) is 18.8. The second kappa shape index (κ2) is 10.3. The number of allylic oxidation sites excluding steroid dienone is 2. The van der Waals surface area contributed by atoms with Crippen LogP contribution >= 0.6 is 46.4 Å². The number of para-hydroxylation sites is 2. The Morgan fingerprint density at radius 2 is 1.26 bits per heavy atom. The predicted octanol–water partition coefficient (Wildman–Crippen LogP) is 9.21. The van der Waals surface area contributed by atoms with Crippen LogP contribution in [0.1, 0.15) is 5.82 Å². The van der Waals surface area contributed by atoms with Crippen molar-refractivity contribution in [2.24, 2.45) is 7.05 Å². The largest absolute Gasteiger partial charge is 0.329 e. The van der Waals surface area contributed by atoms with Gasteiger partial charge in [0.2, 0.25) is 0 Å². The number of hydrogen-bond acceptors (Lipinski definition) is 2. The van der Waals surface area contributed by atoms with Gasteiger partial charge in [0.25, 0.3) is 5.82 Å². The quantitative estimate of drug-likeness (QED) is 0.193. The lowest BCUT2D eigenvalue weighted by Gasteiger charge is -2.22. The highest BCUT2D eigenvalue weighted by Crippen LogP contribution is 2.48. The van der Waals surface area contributed by atoms with E-state index in [1.807, 2.05) is 80.8 Å². The molecule has 0 unspecified atom stereocenters. The number of anilines is 3. The van der Waals surface area contributed by atoms with E-state index in [0.717, 1.165) is 45.4 Å². The fourth-order valence-corrected chi connectivity index (χ4v) is 5.66. The first-order valence-electron chi connectivity index (χ1n) is 12.3. The van der Waals surface area contributed by atoms with E-state index in [9.17, 15) is 0 Å². The van der Waals surface area contributed by atoms with E-state index in [2.05, 4.69) is 55.4 Å². The van der Waals surface area contributed by atoms with E-state index in [1.165, 1.54) is 0 Å². The maximum absolute atomic E-state index is 6.44. The number of halogens is 4. The Morgan fingerprint density at radius 3 is 1.92 bits per heavy atom. The van der Waals surface area contributed by atoms with Crippen molar-refractivity contribution >= 4 is 80.6 Å². The van der Waals surface area contributed by atoms with Gasteiger partial charge in [-0.05, 0) is 42.5 Å². The van der Waals surface area contributed by atoms with Gasteiger partial charge in [-0.25, -0.2) is 4.57 Å². The molecule has 194 valence electrons. The maximum Gasteiger partial charge on any atom is 0.287 e. The molecule has 8 heteroatoms. The van der Waals surface area contributed by atoms with E-state index < -0.39 is 0 Å². The molecule has 1 aliphatic rings. The summed E-state index contributed by atoms with van der Waals surface area (Å²) in [6, 6.07) is 28.0. The lowest BCUT2D eigenvalue weighted by atomic mass is 10.2. The minimum Gasteiger partial charge on any atom is -0.329 e. The van der Waals surface area contributed by atoms with Crippen LogP contribution in [-0.4, -0.2) is 11.6 Å². The van der Waals surface area contributed by atoms with Crippen LogP contribution in [0.25, 0.3) is 22.8 Å². The molecule has 0 saturated heterocycles. The number of aromatic nitrogens is 2. The molecule has 0 bridgehead atoms. The SMILES string of the molecule is CN1C(=CC=Cc2n(-c3ccccc3)c3cc(Cl)c(Cl)cc3[n+]2C)N(c2ccccc2)c2cc(Cl)c(Cl)cc21. The molecule has 1 aromatic heterocycles.